The highest BCUT2D eigenvalue weighted by Crippen LogP contribution is 2.51. The van der Waals surface area contributed by atoms with Gasteiger partial charge in [-0.05, 0) is 151 Å². The molecule has 454 valence electrons. The minimum absolute atomic E-state index is 0.0384. The van der Waals surface area contributed by atoms with Crippen LogP contribution in [-0.4, -0.2) is 30.8 Å². The topological polar surface area (TPSA) is 61.0 Å². The fraction of sp³-hybridized carbons (Fsp3) is 0.188. The third-order valence-corrected chi connectivity index (χ3v) is 19.4. The second-order valence-corrected chi connectivity index (χ2v) is 29.7. The Hall–Kier alpha value is -10.3. The molecule has 0 amide bonds. The van der Waals surface area contributed by atoms with Crippen molar-refractivity contribution in [2.45, 2.75) is 105 Å². The van der Waals surface area contributed by atoms with Gasteiger partial charge in [0.05, 0.1) is 33.3 Å². The summed E-state index contributed by atoms with van der Waals surface area (Å²) in [5.74, 6) is 3.15. The number of benzene rings is 11. The molecule has 8 heteroatoms. The predicted octanol–water partition coefficient (Wildman–Crippen LogP) is 20.3. The van der Waals surface area contributed by atoms with Crippen LogP contribution < -0.4 is 26.0 Å². The number of para-hydroxylation sites is 1. The zero-order valence-corrected chi connectivity index (χ0v) is 55.2. The summed E-state index contributed by atoms with van der Waals surface area (Å²) < 4.78 is 12.8. The molecule has 7 nitrogen and oxygen atoms in total. The molecule has 11 aromatic carbocycles. The Bertz CT molecular complexity index is 5130. The molecular formula is C85H75BN6O. The van der Waals surface area contributed by atoms with Gasteiger partial charge in [-0.2, -0.15) is 0 Å². The molecule has 0 spiro atoms. The lowest BCUT2D eigenvalue weighted by atomic mass is 9.33. The Kier molecular flexibility index (Phi) is 13.1. The van der Waals surface area contributed by atoms with E-state index in [9.17, 15) is 0 Å². The van der Waals surface area contributed by atoms with Gasteiger partial charge in [0.1, 0.15) is 11.5 Å². The van der Waals surface area contributed by atoms with E-state index in [1.165, 1.54) is 54.8 Å². The van der Waals surface area contributed by atoms with Crippen LogP contribution in [-0.2, 0) is 21.7 Å². The first-order valence-corrected chi connectivity index (χ1v) is 32.8. The highest BCUT2D eigenvalue weighted by molar-refractivity contribution is 6.99. The second-order valence-electron chi connectivity index (χ2n) is 29.7. The van der Waals surface area contributed by atoms with Gasteiger partial charge in [0.15, 0.2) is 17.5 Å². The van der Waals surface area contributed by atoms with Gasteiger partial charge in [0, 0.05) is 67.1 Å². The van der Waals surface area contributed by atoms with E-state index >= 15 is 0 Å². The molecule has 3 aromatic heterocycles. The molecule has 0 aliphatic carbocycles. The van der Waals surface area contributed by atoms with Gasteiger partial charge in [-0.25, -0.2) is 15.0 Å². The van der Waals surface area contributed by atoms with Crippen LogP contribution in [0.25, 0.3) is 100 Å². The van der Waals surface area contributed by atoms with Crippen molar-refractivity contribution in [3.05, 3.63) is 259 Å². The van der Waals surface area contributed by atoms with Gasteiger partial charge in [-0.1, -0.05) is 229 Å². The molecule has 14 aromatic rings. The fourth-order valence-electron chi connectivity index (χ4n) is 14.3. The van der Waals surface area contributed by atoms with Crippen LogP contribution >= 0.6 is 0 Å². The first-order chi connectivity index (χ1) is 44.6. The van der Waals surface area contributed by atoms with Gasteiger partial charge >= 0.3 is 0 Å². The molecule has 0 saturated carbocycles. The molecule has 2 aliphatic rings. The summed E-state index contributed by atoms with van der Waals surface area (Å²) in [6.07, 6.45) is 0. The molecule has 16 rings (SSSR count). The minimum Gasteiger partial charge on any atom is -0.458 e. The number of rotatable bonds is 7. The summed E-state index contributed by atoms with van der Waals surface area (Å²) in [4.78, 5) is 18.7. The van der Waals surface area contributed by atoms with Gasteiger partial charge in [-0.15, -0.1) is 0 Å². The van der Waals surface area contributed by atoms with Crippen LogP contribution in [0.1, 0.15) is 105 Å². The molecule has 0 unspecified atom stereocenters. The summed E-state index contributed by atoms with van der Waals surface area (Å²) >= 11 is 0. The standard InChI is InChI=1S/C85H75BN6O/c1-82(2,3)55-33-41-70-63(45-55)64-46-56(83(4,5)6)34-42-71(64)90(70)60-37-39-68-74(49-60)92(59-31-23-16-24-32-59)77-62(52-25-17-13-18-26-52)51-67(81-88-79(53-27-19-14-20-28-53)87-80(89-81)54-29-21-15-22-30-54)78-76(77)86(68)69-40-38-61(50-75(69)93-78)91-72-43-35-57(84(7,8)9)47-65(72)66-48-58(85(10,11)12)36-44-73(66)91/h13-51H,1-12H3. The van der Waals surface area contributed by atoms with Gasteiger partial charge in [0.2, 0.25) is 0 Å². The normalized spacial score (nSPS) is 13.2. The molecule has 0 atom stereocenters. The van der Waals surface area contributed by atoms with Crippen molar-refractivity contribution in [2.24, 2.45) is 0 Å². The number of ether oxygens (including phenoxy) is 1. The summed E-state index contributed by atoms with van der Waals surface area (Å²) in [6, 6.07) is 87.0. The molecule has 2 aliphatic heterocycles. The van der Waals surface area contributed by atoms with E-state index in [1.54, 1.807) is 0 Å². The van der Waals surface area contributed by atoms with Crippen LogP contribution in [0.4, 0.5) is 17.1 Å². The van der Waals surface area contributed by atoms with Crippen LogP contribution in [0.15, 0.2) is 237 Å². The summed E-state index contributed by atoms with van der Waals surface area (Å²) in [6.45, 7) is 27.3. The maximum Gasteiger partial charge on any atom is 0.256 e. The number of nitrogens with zero attached hydrogens (tertiary/aromatic N) is 6. The van der Waals surface area contributed by atoms with E-state index in [0.29, 0.717) is 23.2 Å². The molecule has 0 saturated heterocycles. The molecule has 5 heterocycles. The van der Waals surface area contributed by atoms with Crippen LogP contribution in [0.3, 0.4) is 0 Å². The predicted molar refractivity (Wildman–Crippen MR) is 391 cm³/mol. The van der Waals surface area contributed by atoms with Gasteiger partial charge in [0.25, 0.3) is 6.71 Å². The van der Waals surface area contributed by atoms with Crippen molar-refractivity contribution < 1.29 is 4.74 Å². The maximum atomic E-state index is 7.88. The third kappa shape index (κ3) is 9.67. The zero-order chi connectivity index (χ0) is 64.0. The van der Waals surface area contributed by atoms with Crippen molar-refractivity contribution in [3.8, 4) is 68.2 Å². The molecule has 93 heavy (non-hydrogen) atoms. The van der Waals surface area contributed by atoms with E-state index in [-0.39, 0.29) is 28.4 Å². The molecule has 0 fully saturated rings. The summed E-state index contributed by atoms with van der Waals surface area (Å²) in [5.41, 5.74) is 22.8. The highest BCUT2D eigenvalue weighted by Gasteiger charge is 2.45. The third-order valence-electron chi connectivity index (χ3n) is 19.4. The largest absolute Gasteiger partial charge is 0.458 e. The Morgan fingerprint density at radius 1 is 0.333 bits per heavy atom. The number of fused-ring (bicyclic) bond motifs is 10. The molecule has 0 N–H and O–H groups in total. The van der Waals surface area contributed by atoms with Crippen molar-refractivity contribution in [2.75, 3.05) is 4.90 Å². The maximum absolute atomic E-state index is 7.88. The van der Waals surface area contributed by atoms with E-state index in [1.807, 2.05) is 36.4 Å². The van der Waals surface area contributed by atoms with E-state index in [0.717, 1.165) is 89.4 Å². The Labute approximate surface area is 546 Å². The smallest absolute Gasteiger partial charge is 0.256 e. The van der Waals surface area contributed by atoms with E-state index in [2.05, 4.69) is 297 Å². The Morgan fingerprint density at radius 3 is 1.15 bits per heavy atom. The van der Waals surface area contributed by atoms with Crippen molar-refractivity contribution in [1.29, 1.82) is 0 Å². The van der Waals surface area contributed by atoms with Crippen LogP contribution in [0.5, 0.6) is 11.5 Å². The van der Waals surface area contributed by atoms with E-state index in [4.69, 9.17) is 19.7 Å². The zero-order valence-electron chi connectivity index (χ0n) is 55.2. The van der Waals surface area contributed by atoms with Crippen molar-refractivity contribution >= 4 is 83.8 Å². The van der Waals surface area contributed by atoms with Crippen molar-refractivity contribution in [3.63, 3.8) is 0 Å². The second kappa shape index (κ2) is 21.1. The Balaban J connectivity index is 1.01. The number of anilines is 3. The summed E-state index contributed by atoms with van der Waals surface area (Å²) in [5, 5.41) is 4.97. The molecular weight excluding hydrogens is 1130 g/mol. The fourth-order valence-corrected chi connectivity index (χ4v) is 14.3. The van der Waals surface area contributed by atoms with Gasteiger partial charge in [-0.3, -0.25) is 0 Å². The lowest BCUT2D eigenvalue weighted by Gasteiger charge is -2.42. The van der Waals surface area contributed by atoms with E-state index < -0.39 is 0 Å². The number of hydrogen-bond acceptors (Lipinski definition) is 5. The van der Waals surface area contributed by atoms with Crippen LogP contribution in [0, 0.1) is 0 Å². The quantitative estimate of drug-likeness (QED) is 0.149. The first-order valence-electron chi connectivity index (χ1n) is 32.8. The minimum atomic E-state index is -0.313. The summed E-state index contributed by atoms with van der Waals surface area (Å²) in [7, 11) is 0. The highest BCUT2D eigenvalue weighted by atomic mass is 16.5. The monoisotopic (exact) mass is 1210 g/mol. The number of aromatic nitrogens is 5. The molecule has 0 bridgehead atoms. The lowest BCUT2D eigenvalue weighted by Crippen LogP contribution is -2.59. The average Bonchev–Trinajstić information content (AvgIpc) is 1.18. The van der Waals surface area contributed by atoms with Gasteiger partial charge < -0.3 is 18.8 Å². The average molecular weight is 1210 g/mol. The lowest BCUT2D eigenvalue weighted by molar-refractivity contribution is 0.488. The van der Waals surface area contributed by atoms with Crippen LogP contribution in [0.2, 0.25) is 0 Å². The first kappa shape index (κ1) is 57.8. The Morgan fingerprint density at radius 2 is 0.720 bits per heavy atom. The SMILES string of the molecule is CC(C)(C)c1ccc2c(c1)c1cc(C(C)(C)C)ccc1n2-c1ccc2c(c1)Oc1c(-c3nc(-c4ccccc4)nc(-c4ccccc4)n3)cc(-c3ccccc3)c3c1B2c1ccc(-n2c4ccc(C(C)(C)C)cc4c4cc(C(C)(C)C)ccc42)cc1N3c1ccccc1. The molecule has 0 radical (unpaired) electrons. The van der Waals surface area contributed by atoms with Crippen molar-refractivity contribution in [1.82, 2.24) is 24.1 Å². The number of hydrogen-bond donors (Lipinski definition) is 0.